The highest BCUT2D eigenvalue weighted by molar-refractivity contribution is 5.77. The van der Waals surface area contributed by atoms with E-state index >= 15 is 0 Å². The molecule has 4 N–H and O–H groups in total. The third-order valence-electron chi connectivity index (χ3n) is 2.51. The van der Waals surface area contributed by atoms with Crippen LogP contribution in [0.15, 0.2) is 23.0 Å². The van der Waals surface area contributed by atoms with Crippen LogP contribution in [0, 0.1) is 12.3 Å². The maximum Gasteiger partial charge on any atom is 0.0997 e. The van der Waals surface area contributed by atoms with E-state index in [4.69, 9.17) is 15.6 Å². The van der Waals surface area contributed by atoms with Gasteiger partial charge in [-0.1, -0.05) is 0 Å². The summed E-state index contributed by atoms with van der Waals surface area (Å²) < 4.78 is 5.04. The van der Waals surface area contributed by atoms with E-state index in [-0.39, 0.29) is 5.84 Å². The van der Waals surface area contributed by atoms with E-state index in [2.05, 4.69) is 10.2 Å². The van der Waals surface area contributed by atoms with Gasteiger partial charge in [-0.05, 0) is 19.4 Å². The summed E-state index contributed by atoms with van der Waals surface area (Å²) in [5, 5.41) is 14.4. The molecule has 0 atom stereocenters. The fraction of sp³-hybridized carbons (Fsp3) is 0.273. The van der Waals surface area contributed by atoms with E-state index in [1.54, 1.807) is 12.5 Å². The van der Waals surface area contributed by atoms with Crippen molar-refractivity contribution in [3.63, 3.8) is 0 Å². The Bertz CT molecular complexity index is 484. The Labute approximate surface area is 93.2 Å². The molecule has 0 fully saturated rings. The first-order valence-electron chi connectivity index (χ1n) is 5.08. The highest BCUT2D eigenvalue weighted by atomic mass is 16.3. The zero-order valence-corrected chi connectivity index (χ0v) is 9.08. The van der Waals surface area contributed by atoms with E-state index in [1.165, 1.54) is 0 Å². The largest absolute Gasteiger partial charge is 0.472 e. The molecule has 0 aliphatic rings. The molecule has 0 radical (unpaired) electrons. The minimum Gasteiger partial charge on any atom is -0.472 e. The Balaban J connectivity index is 2.29. The third kappa shape index (κ3) is 1.98. The molecule has 2 rings (SSSR count). The summed E-state index contributed by atoms with van der Waals surface area (Å²) in [5.41, 5.74) is 9.30. The van der Waals surface area contributed by atoms with Gasteiger partial charge in [0, 0.05) is 23.2 Å². The number of hydrogen-bond donors (Lipinski definition) is 3. The highest BCUT2D eigenvalue weighted by Gasteiger charge is 2.13. The molecule has 0 saturated heterocycles. The number of aromatic nitrogens is 2. The van der Waals surface area contributed by atoms with Gasteiger partial charge < -0.3 is 10.2 Å². The molecule has 0 spiro atoms. The fourth-order valence-electron chi connectivity index (χ4n) is 1.66. The smallest absolute Gasteiger partial charge is 0.0997 e. The highest BCUT2D eigenvalue weighted by Crippen LogP contribution is 2.24. The number of nitrogens with two attached hydrogens (primary N) is 1. The summed E-state index contributed by atoms with van der Waals surface area (Å²) in [7, 11) is 0. The standard InChI is InChI=1S/C11H14N4O/c1-7-9(2-3-10(12)13)11(15-14-7)8-4-5-16-6-8/h4-6H,2-3H2,1H3,(H3,12,13)(H,14,15). The van der Waals surface area contributed by atoms with Crippen molar-refractivity contribution in [1.82, 2.24) is 10.2 Å². The number of amidine groups is 1. The lowest BCUT2D eigenvalue weighted by Gasteiger charge is -2.01. The van der Waals surface area contributed by atoms with Crippen LogP contribution in [0.1, 0.15) is 17.7 Å². The molecular formula is C11H14N4O. The van der Waals surface area contributed by atoms with Gasteiger partial charge in [0.15, 0.2) is 0 Å². The van der Waals surface area contributed by atoms with Crippen LogP contribution < -0.4 is 5.73 Å². The monoisotopic (exact) mass is 218 g/mol. The normalized spacial score (nSPS) is 10.6. The molecule has 0 bridgehead atoms. The number of nitrogens with one attached hydrogen (secondary N) is 2. The summed E-state index contributed by atoms with van der Waals surface area (Å²) in [6.45, 7) is 1.96. The average Bonchev–Trinajstić information content (AvgIpc) is 2.83. The predicted molar refractivity (Wildman–Crippen MR) is 61.3 cm³/mol. The SMILES string of the molecule is Cc1[nH]nc(-c2ccoc2)c1CCC(=N)N. The Morgan fingerprint density at radius 2 is 2.44 bits per heavy atom. The molecule has 0 aromatic carbocycles. The van der Waals surface area contributed by atoms with Gasteiger partial charge in [0.25, 0.3) is 0 Å². The zero-order chi connectivity index (χ0) is 11.5. The van der Waals surface area contributed by atoms with Gasteiger partial charge in [-0.2, -0.15) is 5.10 Å². The zero-order valence-electron chi connectivity index (χ0n) is 9.08. The average molecular weight is 218 g/mol. The maximum absolute atomic E-state index is 7.24. The first-order valence-corrected chi connectivity index (χ1v) is 5.08. The minimum absolute atomic E-state index is 0.193. The molecule has 0 saturated carbocycles. The van der Waals surface area contributed by atoms with Gasteiger partial charge in [0.1, 0.15) is 0 Å². The second-order valence-electron chi connectivity index (χ2n) is 3.71. The Morgan fingerprint density at radius 1 is 1.62 bits per heavy atom. The lowest BCUT2D eigenvalue weighted by atomic mass is 10.0. The van der Waals surface area contributed by atoms with E-state index in [0.717, 1.165) is 28.9 Å². The van der Waals surface area contributed by atoms with Crippen LogP contribution in [0.25, 0.3) is 11.3 Å². The lowest BCUT2D eigenvalue weighted by molar-refractivity contribution is 0.568. The lowest BCUT2D eigenvalue weighted by Crippen LogP contribution is -2.10. The maximum atomic E-state index is 7.24. The molecule has 2 aromatic heterocycles. The number of hydrogen-bond acceptors (Lipinski definition) is 3. The third-order valence-corrected chi connectivity index (χ3v) is 2.51. The first-order chi connectivity index (χ1) is 7.68. The number of rotatable bonds is 4. The van der Waals surface area contributed by atoms with Crippen molar-refractivity contribution in [3.05, 3.63) is 29.9 Å². The number of H-pyrrole nitrogens is 1. The topological polar surface area (TPSA) is 91.7 Å². The van der Waals surface area contributed by atoms with Crippen molar-refractivity contribution in [2.75, 3.05) is 0 Å². The van der Waals surface area contributed by atoms with Crippen molar-refractivity contribution < 1.29 is 4.42 Å². The van der Waals surface area contributed by atoms with E-state index in [9.17, 15) is 0 Å². The van der Waals surface area contributed by atoms with Crippen molar-refractivity contribution in [2.24, 2.45) is 5.73 Å². The van der Waals surface area contributed by atoms with Crippen LogP contribution in [0.4, 0.5) is 0 Å². The minimum atomic E-state index is 0.193. The van der Waals surface area contributed by atoms with Crippen LogP contribution in [-0.4, -0.2) is 16.0 Å². The number of furan rings is 1. The van der Waals surface area contributed by atoms with Gasteiger partial charge in [-0.15, -0.1) is 0 Å². The fourth-order valence-corrected chi connectivity index (χ4v) is 1.66. The summed E-state index contributed by atoms with van der Waals surface area (Å²) in [6, 6.07) is 1.87. The molecule has 0 unspecified atom stereocenters. The Morgan fingerprint density at radius 3 is 3.06 bits per heavy atom. The quantitative estimate of drug-likeness (QED) is 0.540. The molecule has 0 aliphatic heterocycles. The van der Waals surface area contributed by atoms with Crippen LogP contribution in [0.3, 0.4) is 0 Å². The molecular weight excluding hydrogens is 204 g/mol. The second-order valence-corrected chi connectivity index (χ2v) is 3.71. The molecule has 84 valence electrons. The van der Waals surface area contributed by atoms with E-state index in [1.807, 2.05) is 13.0 Å². The molecule has 0 amide bonds. The van der Waals surface area contributed by atoms with E-state index < -0.39 is 0 Å². The molecule has 2 heterocycles. The first kappa shape index (κ1) is 10.5. The molecule has 5 nitrogen and oxygen atoms in total. The summed E-state index contributed by atoms with van der Waals surface area (Å²) in [5.74, 6) is 0.193. The number of nitrogens with zero attached hydrogens (tertiary/aromatic N) is 1. The van der Waals surface area contributed by atoms with Crippen molar-refractivity contribution >= 4 is 5.84 Å². The molecule has 5 heteroatoms. The Kier molecular flexibility index (Phi) is 2.76. The van der Waals surface area contributed by atoms with Crippen LogP contribution >= 0.6 is 0 Å². The summed E-state index contributed by atoms with van der Waals surface area (Å²) >= 11 is 0. The van der Waals surface area contributed by atoms with Crippen LogP contribution in [-0.2, 0) is 6.42 Å². The molecule has 0 aliphatic carbocycles. The second kappa shape index (κ2) is 4.22. The Hall–Kier alpha value is -2.04. The van der Waals surface area contributed by atoms with Crippen LogP contribution in [0.5, 0.6) is 0 Å². The number of aryl methyl sites for hydroxylation is 1. The van der Waals surface area contributed by atoms with Gasteiger partial charge >= 0.3 is 0 Å². The van der Waals surface area contributed by atoms with Crippen molar-refractivity contribution in [1.29, 1.82) is 5.41 Å². The number of aromatic amines is 1. The van der Waals surface area contributed by atoms with Gasteiger partial charge in [-0.3, -0.25) is 10.5 Å². The molecule has 16 heavy (non-hydrogen) atoms. The molecule has 2 aromatic rings. The van der Waals surface area contributed by atoms with Crippen molar-refractivity contribution in [3.8, 4) is 11.3 Å². The van der Waals surface area contributed by atoms with Gasteiger partial charge in [-0.25, -0.2) is 0 Å². The van der Waals surface area contributed by atoms with Crippen molar-refractivity contribution in [2.45, 2.75) is 19.8 Å². The summed E-state index contributed by atoms with van der Waals surface area (Å²) in [4.78, 5) is 0. The van der Waals surface area contributed by atoms with Crippen LogP contribution in [0.2, 0.25) is 0 Å². The summed E-state index contributed by atoms with van der Waals surface area (Å²) in [6.07, 6.45) is 4.55. The predicted octanol–water partition coefficient (Wildman–Crippen LogP) is 1.85. The van der Waals surface area contributed by atoms with Gasteiger partial charge in [0.05, 0.1) is 24.1 Å². The van der Waals surface area contributed by atoms with E-state index in [0.29, 0.717) is 6.42 Å². The van der Waals surface area contributed by atoms with Gasteiger partial charge in [0.2, 0.25) is 0 Å².